The average Bonchev–Trinajstić information content (AvgIpc) is 2.93. The fourth-order valence-corrected chi connectivity index (χ4v) is 3.06. The predicted molar refractivity (Wildman–Crippen MR) is 78.6 cm³/mol. The molecule has 0 bridgehead atoms. The lowest BCUT2D eigenvalue weighted by atomic mass is 10.1. The van der Waals surface area contributed by atoms with Gasteiger partial charge in [0.05, 0.1) is 6.04 Å². The van der Waals surface area contributed by atoms with Crippen molar-refractivity contribution in [2.45, 2.75) is 19.5 Å². The van der Waals surface area contributed by atoms with Gasteiger partial charge in [0.25, 0.3) is 0 Å². The van der Waals surface area contributed by atoms with E-state index in [9.17, 15) is 0 Å². The number of rotatable bonds is 6. The van der Waals surface area contributed by atoms with Crippen LogP contribution in [0.5, 0.6) is 0 Å². The van der Waals surface area contributed by atoms with E-state index in [2.05, 4.69) is 59.7 Å². The second-order valence-electron chi connectivity index (χ2n) is 4.32. The summed E-state index contributed by atoms with van der Waals surface area (Å²) in [6.07, 6.45) is 0. The number of thiophene rings is 1. The van der Waals surface area contributed by atoms with Crippen molar-refractivity contribution in [3.63, 3.8) is 0 Å². The van der Waals surface area contributed by atoms with E-state index >= 15 is 0 Å². The number of nitrogens with zero attached hydrogens (tertiary/aromatic N) is 1. The maximum Gasteiger partial charge on any atom is 0.0567 e. The molecular weight excluding hydrogens is 240 g/mol. The highest BCUT2D eigenvalue weighted by Gasteiger charge is 2.18. The zero-order valence-electron chi connectivity index (χ0n) is 10.8. The fraction of sp³-hybridized carbons (Fsp3) is 0.333. The van der Waals surface area contributed by atoms with Crippen molar-refractivity contribution in [2.75, 3.05) is 13.1 Å². The summed E-state index contributed by atoms with van der Waals surface area (Å²) in [5.74, 6) is 0. The van der Waals surface area contributed by atoms with Gasteiger partial charge in [0.15, 0.2) is 0 Å². The van der Waals surface area contributed by atoms with E-state index in [0.29, 0.717) is 12.6 Å². The molecule has 3 heteroatoms. The lowest BCUT2D eigenvalue weighted by molar-refractivity contribution is 0.206. The van der Waals surface area contributed by atoms with Gasteiger partial charge < -0.3 is 5.73 Å². The van der Waals surface area contributed by atoms with Gasteiger partial charge in [-0.1, -0.05) is 43.3 Å². The van der Waals surface area contributed by atoms with Gasteiger partial charge in [0, 0.05) is 18.0 Å². The molecule has 2 rings (SSSR count). The number of benzene rings is 1. The van der Waals surface area contributed by atoms with Gasteiger partial charge in [-0.2, -0.15) is 0 Å². The summed E-state index contributed by atoms with van der Waals surface area (Å²) >= 11 is 1.79. The molecule has 0 saturated carbocycles. The van der Waals surface area contributed by atoms with Crippen molar-refractivity contribution in [3.05, 3.63) is 58.3 Å². The molecule has 0 fully saturated rings. The molecule has 1 aromatic heterocycles. The highest BCUT2D eigenvalue weighted by molar-refractivity contribution is 7.10. The van der Waals surface area contributed by atoms with Crippen LogP contribution in [0.25, 0.3) is 0 Å². The van der Waals surface area contributed by atoms with E-state index in [-0.39, 0.29) is 0 Å². The first-order valence-electron chi connectivity index (χ1n) is 6.36. The molecule has 0 amide bonds. The highest BCUT2D eigenvalue weighted by Crippen LogP contribution is 2.25. The Labute approximate surface area is 113 Å². The van der Waals surface area contributed by atoms with E-state index < -0.39 is 0 Å². The Bertz CT molecular complexity index is 439. The Morgan fingerprint density at radius 3 is 2.50 bits per heavy atom. The summed E-state index contributed by atoms with van der Waals surface area (Å²) in [5.41, 5.74) is 7.30. The maximum absolute atomic E-state index is 5.96. The van der Waals surface area contributed by atoms with Crippen LogP contribution in [0.1, 0.15) is 23.4 Å². The lowest BCUT2D eigenvalue weighted by Gasteiger charge is -2.29. The molecule has 1 atom stereocenters. The summed E-state index contributed by atoms with van der Waals surface area (Å²) < 4.78 is 0. The molecule has 0 aliphatic rings. The summed E-state index contributed by atoms with van der Waals surface area (Å²) in [4.78, 5) is 3.79. The zero-order chi connectivity index (χ0) is 12.8. The van der Waals surface area contributed by atoms with Crippen LogP contribution in [0.3, 0.4) is 0 Å². The first-order valence-corrected chi connectivity index (χ1v) is 7.24. The largest absolute Gasteiger partial charge is 0.329 e. The number of hydrogen-bond acceptors (Lipinski definition) is 3. The fourth-order valence-electron chi connectivity index (χ4n) is 2.19. The second kappa shape index (κ2) is 6.69. The highest BCUT2D eigenvalue weighted by atomic mass is 32.1. The van der Waals surface area contributed by atoms with Crippen molar-refractivity contribution >= 4 is 11.3 Å². The van der Waals surface area contributed by atoms with Crippen LogP contribution in [0.2, 0.25) is 0 Å². The van der Waals surface area contributed by atoms with Crippen molar-refractivity contribution < 1.29 is 0 Å². The minimum Gasteiger partial charge on any atom is -0.329 e. The van der Waals surface area contributed by atoms with Crippen LogP contribution in [0.4, 0.5) is 0 Å². The number of nitrogens with two attached hydrogens (primary N) is 1. The Morgan fingerprint density at radius 1 is 1.17 bits per heavy atom. The van der Waals surface area contributed by atoms with Crippen LogP contribution >= 0.6 is 11.3 Å². The van der Waals surface area contributed by atoms with E-state index in [1.807, 2.05) is 0 Å². The predicted octanol–water partition coefficient (Wildman–Crippen LogP) is 3.27. The molecule has 0 spiro atoms. The number of likely N-dealkylation sites (N-methyl/N-ethyl adjacent to an activating group) is 1. The van der Waals surface area contributed by atoms with Gasteiger partial charge in [0.2, 0.25) is 0 Å². The Morgan fingerprint density at radius 2 is 1.94 bits per heavy atom. The second-order valence-corrected chi connectivity index (χ2v) is 5.29. The van der Waals surface area contributed by atoms with Gasteiger partial charge in [-0.15, -0.1) is 11.3 Å². The summed E-state index contributed by atoms with van der Waals surface area (Å²) in [7, 11) is 0. The lowest BCUT2D eigenvalue weighted by Crippen LogP contribution is -2.32. The Balaban J connectivity index is 2.12. The third kappa shape index (κ3) is 3.19. The Kier molecular flexibility index (Phi) is 4.93. The van der Waals surface area contributed by atoms with Crippen LogP contribution in [-0.4, -0.2) is 18.0 Å². The SMILES string of the molecule is CCN(Cc1ccccc1)C(CN)c1cccs1. The molecular formula is C15H20N2S. The van der Waals surface area contributed by atoms with Crippen molar-refractivity contribution in [2.24, 2.45) is 5.73 Å². The molecule has 0 aliphatic heterocycles. The summed E-state index contributed by atoms with van der Waals surface area (Å²) in [6.45, 7) is 4.83. The minimum absolute atomic E-state index is 0.329. The van der Waals surface area contributed by atoms with Crippen LogP contribution in [0, 0.1) is 0 Å². The molecule has 18 heavy (non-hydrogen) atoms. The number of hydrogen-bond donors (Lipinski definition) is 1. The normalized spacial score (nSPS) is 12.8. The molecule has 1 aromatic carbocycles. The topological polar surface area (TPSA) is 29.3 Å². The van der Waals surface area contributed by atoms with Gasteiger partial charge in [0.1, 0.15) is 0 Å². The molecule has 1 heterocycles. The van der Waals surface area contributed by atoms with E-state index in [4.69, 9.17) is 5.73 Å². The molecule has 2 aromatic rings. The van der Waals surface area contributed by atoms with E-state index in [1.54, 1.807) is 11.3 Å². The Hall–Kier alpha value is -1.16. The molecule has 1 unspecified atom stereocenters. The van der Waals surface area contributed by atoms with Gasteiger partial charge in [-0.25, -0.2) is 0 Å². The third-order valence-corrected chi connectivity index (χ3v) is 4.14. The van der Waals surface area contributed by atoms with Crippen LogP contribution in [-0.2, 0) is 6.54 Å². The smallest absolute Gasteiger partial charge is 0.0567 e. The average molecular weight is 260 g/mol. The maximum atomic E-state index is 5.96. The summed E-state index contributed by atoms with van der Waals surface area (Å²) in [5, 5.41) is 2.12. The van der Waals surface area contributed by atoms with Gasteiger partial charge in [-0.3, -0.25) is 4.90 Å². The van der Waals surface area contributed by atoms with Crippen LogP contribution in [0.15, 0.2) is 47.8 Å². The molecule has 2 N–H and O–H groups in total. The third-order valence-electron chi connectivity index (χ3n) is 3.17. The first-order chi connectivity index (χ1) is 8.85. The monoisotopic (exact) mass is 260 g/mol. The van der Waals surface area contributed by atoms with Crippen molar-refractivity contribution in [1.82, 2.24) is 4.90 Å². The molecule has 96 valence electrons. The van der Waals surface area contributed by atoms with Gasteiger partial charge in [-0.05, 0) is 23.6 Å². The van der Waals surface area contributed by atoms with E-state index in [0.717, 1.165) is 13.1 Å². The van der Waals surface area contributed by atoms with Crippen LogP contribution < -0.4 is 5.73 Å². The quantitative estimate of drug-likeness (QED) is 0.863. The minimum atomic E-state index is 0.329. The van der Waals surface area contributed by atoms with Crippen molar-refractivity contribution in [1.29, 1.82) is 0 Å². The van der Waals surface area contributed by atoms with Crippen molar-refractivity contribution in [3.8, 4) is 0 Å². The standard InChI is InChI=1S/C15H20N2S/c1-2-17(12-13-7-4-3-5-8-13)14(11-16)15-9-6-10-18-15/h3-10,14H,2,11-12,16H2,1H3. The molecule has 0 aliphatic carbocycles. The van der Waals surface area contributed by atoms with E-state index in [1.165, 1.54) is 10.4 Å². The molecule has 0 radical (unpaired) electrons. The first kappa shape index (κ1) is 13.3. The molecule has 0 saturated heterocycles. The summed E-state index contributed by atoms with van der Waals surface area (Å²) in [6, 6.07) is 15.2. The molecule has 2 nitrogen and oxygen atoms in total. The van der Waals surface area contributed by atoms with Gasteiger partial charge >= 0.3 is 0 Å². The zero-order valence-corrected chi connectivity index (χ0v) is 11.6.